The first-order chi connectivity index (χ1) is 10.9. The fourth-order valence-corrected chi connectivity index (χ4v) is 2.90. The maximum atomic E-state index is 4.63. The van der Waals surface area contributed by atoms with E-state index in [2.05, 4.69) is 67.2 Å². The maximum Gasteiger partial charge on any atom is 0.191 e. The molecule has 140 valence electrons. The van der Waals surface area contributed by atoms with E-state index < -0.39 is 0 Å². The van der Waals surface area contributed by atoms with Crippen molar-refractivity contribution in [3.05, 3.63) is 15.6 Å². The highest BCUT2D eigenvalue weighted by atomic mass is 127. The van der Waals surface area contributed by atoms with Crippen LogP contribution < -0.4 is 10.6 Å². The summed E-state index contributed by atoms with van der Waals surface area (Å²) in [5.74, 6) is 0.884. The van der Waals surface area contributed by atoms with Gasteiger partial charge in [-0.15, -0.1) is 35.3 Å². The maximum absolute atomic E-state index is 4.63. The first kappa shape index (κ1) is 23.6. The van der Waals surface area contributed by atoms with Crippen LogP contribution in [0.5, 0.6) is 0 Å². The molecular formula is C17H34IN5S. The monoisotopic (exact) mass is 467 g/mol. The summed E-state index contributed by atoms with van der Waals surface area (Å²) in [5, 5.41) is 7.79. The Bertz CT molecular complexity index is 468. The van der Waals surface area contributed by atoms with E-state index in [0.29, 0.717) is 12.6 Å². The molecule has 0 aliphatic heterocycles. The molecule has 0 radical (unpaired) electrons. The quantitative estimate of drug-likeness (QED) is 0.253. The van der Waals surface area contributed by atoms with Gasteiger partial charge in [0.15, 0.2) is 5.96 Å². The van der Waals surface area contributed by atoms with Gasteiger partial charge in [-0.2, -0.15) is 0 Å². The highest BCUT2D eigenvalue weighted by Gasteiger charge is 2.04. The molecule has 0 amide bonds. The number of hydrogen-bond donors (Lipinski definition) is 2. The number of thiazole rings is 1. The number of nitrogens with one attached hydrogen (secondary N) is 2. The minimum atomic E-state index is 0. The highest BCUT2D eigenvalue weighted by molar-refractivity contribution is 14.0. The van der Waals surface area contributed by atoms with Crippen LogP contribution in [-0.2, 0) is 6.54 Å². The largest absolute Gasteiger partial charge is 0.357 e. The van der Waals surface area contributed by atoms with Gasteiger partial charge >= 0.3 is 0 Å². The van der Waals surface area contributed by atoms with Crippen molar-refractivity contribution < 1.29 is 0 Å². The lowest BCUT2D eigenvalue weighted by molar-refractivity contribution is 0.268. The number of guanidine groups is 1. The van der Waals surface area contributed by atoms with Crippen LogP contribution in [0.3, 0.4) is 0 Å². The van der Waals surface area contributed by atoms with Crippen molar-refractivity contribution in [2.45, 2.75) is 60.0 Å². The molecule has 0 saturated carbocycles. The van der Waals surface area contributed by atoms with Gasteiger partial charge in [0.2, 0.25) is 0 Å². The minimum Gasteiger partial charge on any atom is -0.357 e. The van der Waals surface area contributed by atoms with E-state index >= 15 is 0 Å². The number of hydrogen-bond acceptors (Lipinski definition) is 4. The Morgan fingerprint density at radius 3 is 2.50 bits per heavy atom. The van der Waals surface area contributed by atoms with E-state index in [1.807, 2.05) is 0 Å². The molecule has 5 nitrogen and oxygen atoms in total. The Balaban J connectivity index is 0.00000529. The number of halogens is 1. The molecule has 0 aliphatic rings. The van der Waals surface area contributed by atoms with E-state index in [9.17, 15) is 0 Å². The third-order valence-electron chi connectivity index (χ3n) is 3.90. The van der Waals surface area contributed by atoms with Crippen molar-refractivity contribution in [2.24, 2.45) is 4.99 Å². The molecule has 0 unspecified atom stereocenters. The minimum absolute atomic E-state index is 0. The molecule has 1 aromatic rings. The summed E-state index contributed by atoms with van der Waals surface area (Å²) >= 11 is 1.73. The summed E-state index contributed by atoms with van der Waals surface area (Å²) < 4.78 is 0. The van der Waals surface area contributed by atoms with Gasteiger partial charge in [-0.3, -0.25) is 0 Å². The molecule has 0 atom stereocenters. The smallest absolute Gasteiger partial charge is 0.191 e. The normalized spacial score (nSPS) is 11.8. The van der Waals surface area contributed by atoms with Gasteiger partial charge in [-0.05, 0) is 61.1 Å². The second kappa shape index (κ2) is 12.9. The molecule has 0 fully saturated rings. The molecule has 0 aromatic carbocycles. The van der Waals surface area contributed by atoms with Gasteiger partial charge in [-0.1, -0.05) is 0 Å². The molecular weight excluding hydrogens is 433 g/mol. The SMILES string of the molecule is CCNC(=NCc1nc(C)c(C)s1)NCCCCN(C)C(C)C.I. The summed E-state index contributed by atoms with van der Waals surface area (Å²) in [6.07, 6.45) is 2.35. The van der Waals surface area contributed by atoms with Crippen molar-refractivity contribution >= 4 is 41.3 Å². The zero-order valence-electron chi connectivity index (χ0n) is 16.0. The average molecular weight is 467 g/mol. The lowest BCUT2D eigenvalue weighted by atomic mass is 10.2. The van der Waals surface area contributed by atoms with Crippen LogP contribution in [0.15, 0.2) is 4.99 Å². The zero-order chi connectivity index (χ0) is 17.2. The van der Waals surface area contributed by atoms with Crippen LogP contribution in [0.2, 0.25) is 0 Å². The third kappa shape index (κ3) is 9.17. The molecule has 0 spiro atoms. The standard InChI is InChI=1S/C17H33N5S.HI/c1-7-18-17(19-10-8-9-11-22(6)13(2)3)20-12-16-21-14(4)15(5)23-16;/h13H,7-12H2,1-6H3,(H2,18,19,20);1H. The molecule has 0 bridgehead atoms. The average Bonchev–Trinajstić information content (AvgIpc) is 2.82. The van der Waals surface area contributed by atoms with Crippen molar-refractivity contribution in [2.75, 3.05) is 26.7 Å². The Morgan fingerprint density at radius 2 is 1.96 bits per heavy atom. The van der Waals surface area contributed by atoms with Crippen LogP contribution in [0, 0.1) is 13.8 Å². The number of rotatable bonds is 9. The van der Waals surface area contributed by atoms with Gasteiger partial charge in [0, 0.05) is 24.0 Å². The van der Waals surface area contributed by atoms with E-state index in [0.717, 1.165) is 42.7 Å². The predicted octanol–water partition coefficient (Wildman–Crippen LogP) is 3.55. The van der Waals surface area contributed by atoms with Gasteiger partial charge in [-0.25, -0.2) is 9.98 Å². The van der Waals surface area contributed by atoms with Crippen LogP contribution in [0.4, 0.5) is 0 Å². The first-order valence-electron chi connectivity index (χ1n) is 8.59. The second-order valence-corrected chi connectivity index (χ2v) is 7.44. The van der Waals surface area contributed by atoms with Crippen molar-refractivity contribution in [3.63, 3.8) is 0 Å². The topological polar surface area (TPSA) is 52.6 Å². The van der Waals surface area contributed by atoms with Crippen molar-refractivity contribution in [1.29, 1.82) is 0 Å². The Hall–Kier alpha value is -0.410. The number of aromatic nitrogens is 1. The zero-order valence-corrected chi connectivity index (χ0v) is 19.1. The Labute approximate surface area is 168 Å². The van der Waals surface area contributed by atoms with Crippen molar-refractivity contribution in [1.82, 2.24) is 20.5 Å². The number of aryl methyl sites for hydroxylation is 2. The number of unbranched alkanes of at least 4 members (excludes halogenated alkanes) is 1. The van der Waals surface area contributed by atoms with E-state index in [4.69, 9.17) is 0 Å². The predicted molar refractivity (Wildman–Crippen MR) is 117 cm³/mol. The summed E-state index contributed by atoms with van der Waals surface area (Å²) in [6, 6.07) is 0.618. The lowest BCUT2D eigenvalue weighted by Crippen LogP contribution is -2.38. The van der Waals surface area contributed by atoms with E-state index in [1.165, 1.54) is 11.3 Å². The highest BCUT2D eigenvalue weighted by Crippen LogP contribution is 2.16. The number of nitrogens with zero attached hydrogens (tertiary/aromatic N) is 3. The third-order valence-corrected chi connectivity index (χ3v) is 4.96. The molecule has 2 N–H and O–H groups in total. The number of aliphatic imine (C=N–C) groups is 1. The van der Waals surface area contributed by atoms with Crippen LogP contribution in [-0.4, -0.2) is 48.6 Å². The molecule has 7 heteroatoms. The fourth-order valence-electron chi connectivity index (χ4n) is 2.05. The Morgan fingerprint density at radius 1 is 1.25 bits per heavy atom. The summed E-state index contributed by atoms with van der Waals surface area (Å²) in [5.41, 5.74) is 1.12. The fraction of sp³-hybridized carbons (Fsp3) is 0.765. The van der Waals surface area contributed by atoms with Gasteiger partial charge < -0.3 is 15.5 Å². The molecule has 1 rings (SSSR count). The second-order valence-electron chi connectivity index (χ2n) is 6.15. The summed E-state index contributed by atoms with van der Waals surface area (Å²) in [7, 11) is 2.18. The van der Waals surface area contributed by atoms with E-state index in [1.54, 1.807) is 11.3 Å². The molecule has 1 aromatic heterocycles. The molecule has 0 aliphatic carbocycles. The summed E-state index contributed by atoms with van der Waals surface area (Å²) in [6.45, 7) is 14.3. The molecule has 24 heavy (non-hydrogen) atoms. The van der Waals surface area contributed by atoms with Gasteiger partial charge in [0.25, 0.3) is 0 Å². The summed E-state index contributed by atoms with van der Waals surface area (Å²) in [4.78, 5) is 12.8. The Kier molecular flexibility index (Phi) is 12.7. The van der Waals surface area contributed by atoms with E-state index in [-0.39, 0.29) is 24.0 Å². The van der Waals surface area contributed by atoms with Crippen LogP contribution in [0.1, 0.15) is 49.2 Å². The van der Waals surface area contributed by atoms with Gasteiger partial charge in [0.05, 0.1) is 12.2 Å². The molecule has 0 saturated heterocycles. The lowest BCUT2D eigenvalue weighted by Gasteiger charge is -2.20. The van der Waals surface area contributed by atoms with Crippen LogP contribution in [0.25, 0.3) is 0 Å². The first-order valence-corrected chi connectivity index (χ1v) is 9.41. The van der Waals surface area contributed by atoms with Gasteiger partial charge in [0.1, 0.15) is 5.01 Å². The molecule has 1 heterocycles. The van der Waals surface area contributed by atoms with Crippen LogP contribution >= 0.6 is 35.3 Å². The van der Waals surface area contributed by atoms with Crippen molar-refractivity contribution in [3.8, 4) is 0 Å².